The molecule has 0 spiro atoms. The summed E-state index contributed by atoms with van der Waals surface area (Å²) in [7, 11) is -3.82. The second kappa shape index (κ2) is 5.48. The van der Waals surface area contributed by atoms with Gasteiger partial charge in [-0.05, 0) is 58.4 Å². The number of anilines is 1. The molecule has 2 aromatic carbocycles. The summed E-state index contributed by atoms with van der Waals surface area (Å²) >= 11 is 8.67. The lowest BCUT2D eigenvalue weighted by Crippen LogP contribution is -2.13. The maximum atomic E-state index is 13.3. The van der Waals surface area contributed by atoms with E-state index >= 15 is 0 Å². The molecule has 0 fully saturated rings. The van der Waals surface area contributed by atoms with Crippen molar-refractivity contribution in [3.63, 3.8) is 0 Å². The van der Waals surface area contributed by atoms with Crippen LogP contribution in [0.3, 0.4) is 0 Å². The first-order valence-electron chi connectivity index (χ1n) is 5.12. The highest BCUT2D eigenvalue weighted by atomic mass is 79.9. The van der Waals surface area contributed by atoms with E-state index in [1.165, 1.54) is 24.3 Å². The average Bonchev–Trinajstić information content (AvgIpc) is 2.35. The van der Waals surface area contributed by atoms with E-state index in [1.54, 1.807) is 12.1 Å². The van der Waals surface area contributed by atoms with Crippen LogP contribution in [0.1, 0.15) is 0 Å². The fourth-order valence-electron chi connectivity index (χ4n) is 1.38. The summed E-state index contributed by atoms with van der Waals surface area (Å²) in [6.45, 7) is 0. The Morgan fingerprint density at radius 2 is 1.74 bits per heavy atom. The molecule has 2 rings (SSSR count). The van der Waals surface area contributed by atoms with Gasteiger partial charge in [0.1, 0.15) is 5.82 Å². The molecule has 1 N–H and O–H groups in total. The molecule has 2 aromatic rings. The van der Waals surface area contributed by atoms with Crippen molar-refractivity contribution < 1.29 is 12.8 Å². The zero-order chi connectivity index (χ0) is 14.0. The van der Waals surface area contributed by atoms with Crippen molar-refractivity contribution in [2.75, 3.05) is 4.72 Å². The summed E-state index contributed by atoms with van der Waals surface area (Å²) in [5, 5.41) is 0.498. The van der Waals surface area contributed by atoms with Crippen LogP contribution >= 0.6 is 27.5 Å². The fraction of sp³-hybridized carbons (Fsp3) is 0. The molecule has 0 bridgehead atoms. The van der Waals surface area contributed by atoms with Gasteiger partial charge in [-0.1, -0.05) is 11.6 Å². The van der Waals surface area contributed by atoms with Crippen molar-refractivity contribution in [3.8, 4) is 0 Å². The second-order valence-electron chi connectivity index (χ2n) is 3.69. The Morgan fingerprint density at radius 1 is 1.11 bits per heavy atom. The predicted molar refractivity (Wildman–Crippen MR) is 76.4 cm³/mol. The quantitative estimate of drug-likeness (QED) is 0.893. The summed E-state index contributed by atoms with van der Waals surface area (Å²) in [5.74, 6) is -0.640. The molecule has 0 saturated heterocycles. The number of benzene rings is 2. The van der Waals surface area contributed by atoms with Gasteiger partial charge in [0.2, 0.25) is 0 Å². The van der Waals surface area contributed by atoms with Crippen LogP contribution in [0.25, 0.3) is 0 Å². The van der Waals surface area contributed by atoms with Crippen LogP contribution in [0.2, 0.25) is 5.02 Å². The lowest BCUT2D eigenvalue weighted by Gasteiger charge is -2.08. The zero-order valence-corrected chi connectivity index (χ0v) is 12.6. The molecule has 0 atom stereocenters. The van der Waals surface area contributed by atoms with Crippen LogP contribution < -0.4 is 4.72 Å². The molecule has 100 valence electrons. The predicted octanol–water partition coefficient (Wildman–Crippen LogP) is 4.04. The maximum absolute atomic E-state index is 13.3. The van der Waals surface area contributed by atoms with Crippen molar-refractivity contribution in [2.24, 2.45) is 0 Å². The number of halogens is 3. The van der Waals surface area contributed by atoms with Gasteiger partial charge in [0.15, 0.2) is 0 Å². The molecule has 0 aliphatic heterocycles. The average molecular weight is 365 g/mol. The normalized spacial score (nSPS) is 11.3. The van der Waals surface area contributed by atoms with Crippen LogP contribution in [0.15, 0.2) is 51.8 Å². The van der Waals surface area contributed by atoms with E-state index in [0.717, 1.165) is 6.07 Å². The minimum atomic E-state index is -3.82. The van der Waals surface area contributed by atoms with E-state index in [9.17, 15) is 12.8 Å². The van der Waals surface area contributed by atoms with E-state index in [2.05, 4.69) is 20.7 Å². The second-order valence-corrected chi connectivity index (χ2v) is 6.66. The molecule has 0 aromatic heterocycles. The Hall–Kier alpha value is -1.11. The summed E-state index contributed by atoms with van der Waals surface area (Å²) in [6, 6.07) is 9.76. The van der Waals surface area contributed by atoms with Gasteiger partial charge < -0.3 is 0 Å². The Bertz CT molecular complexity index is 704. The minimum absolute atomic E-state index is 0.150. The largest absolute Gasteiger partial charge is 0.280 e. The van der Waals surface area contributed by atoms with E-state index in [1.807, 2.05) is 0 Å². The van der Waals surface area contributed by atoms with Crippen LogP contribution in [0, 0.1) is 5.82 Å². The molecular formula is C12H8BrClFNO2S. The first kappa shape index (κ1) is 14.3. The van der Waals surface area contributed by atoms with E-state index in [-0.39, 0.29) is 9.37 Å². The fourth-order valence-corrected chi connectivity index (χ4v) is 2.82. The summed E-state index contributed by atoms with van der Waals surface area (Å²) in [5.41, 5.74) is 0.354. The monoisotopic (exact) mass is 363 g/mol. The van der Waals surface area contributed by atoms with Crippen molar-refractivity contribution in [3.05, 3.63) is 57.8 Å². The number of hydrogen-bond acceptors (Lipinski definition) is 2. The van der Waals surface area contributed by atoms with E-state index in [0.29, 0.717) is 10.7 Å². The molecule has 0 unspecified atom stereocenters. The van der Waals surface area contributed by atoms with Crippen LogP contribution in [0.4, 0.5) is 10.1 Å². The van der Waals surface area contributed by atoms with Gasteiger partial charge >= 0.3 is 0 Å². The molecule has 0 radical (unpaired) electrons. The smallest absolute Gasteiger partial charge is 0.261 e. The first-order chi connectivity index (χ1) is 8.88. The highest BCUT2D eigenvalue weighted by molar-refractivity contribution is 9.10. The van der Waals surface area contributed by atoms with Crippen molar-refractivity contribution in [1.29, 1.82) is 0 Å². The molecule has 19 heavy (non-hydrogen) atoms. The van der Waals surface area contributed by atoms with E-state index in [4.69, 9.17) is 11.6 Å². The first-order valence-corrected chi connectivity index (χ1v) is 7.77. The van der Waals surface area contributed by atoms with Crippen molar-refractivity contribution in [1.82, 2.24) is 0 Å². The Balaban J connectivity index is 2.32. The van der Waals surface area contributed by atoms with Gasteiger partial charge in [0.05, 0.1) is 9.37 Å². The van der Waals surface area contributed by atoms with E-state index < -0.39 is 15.8 Å². The highest BCUT2D eigenvalue weighted by Crippen LogP contribution is 2.22. The van der Waals surface area contributed by atoms with Crippen LogP contribution in [-0.4, -0.2) is 8.42 Å². The topological polar surface area (TPSA) is 46.2 Å². The molecule has 7 heteroatoms. The lowest BCUT2D eigenvalue weighted by molar-refractivity contribution is 0.593. The Labute approximate surface area is 123 Å². The number of rotatable bonds is 3. The third-order valence-corrected chi connectivity index (χ3v) is 4.57. The third-order valence-electron chi connectivity index (χ3n) is 2.30. The molecule has 0 aliphatic carbocycles. The summed E-state index contributed by atoms with van der Waals surface area (Å²) < 4.78 is 39.9. The molecule has 0 amide bonds. The van der Waals surface area contributed by atoms with Gasteiger partial charge in [-0.2, -0.15) is 0 Å². The number of nitrogens with one attached hydrogen (secondary N) is 1. The maximum Gasteiger partial charge on any atom is 0.261 e. The van der Waals surface area contributed by atoms with Crippen molar-refractivity contribution >= 4 is 43.2 Å². The zero-order valence-electron chi connectivity index (χ0n) is 9.40. The minimum Gasteiger partial charge on any atom is -0.280 e. The number of hydrogen-bond donors (Lipinski definition) is 1. The molecule has 3 nitrogen and oxygen atoms in total. The van der Waals surface area contributed by atoms with Gasteiger partial charge in [0.25, 0.3) is 10.0 Å². The Kier molecular flexibility index (Phi) is 4.13. The summed E-state index contributed by atoms with van der Waals surface area (Å²) in [4.78, 5) is -0.150. The van der Waals surface area contributed by atoms with Crippen LogP contribution in [0.5, 0.6) is 0 Å². The molecular weight excluding hydrogens is 357 g/mol. The van der Waals surface area contributed by atoms with Crippen LogP contribution in [-0.2, 0) is 10.0 Å². The van der Waals surface area contributed by atoms with Gasteiger partial charge in [-0.25, -0.2) is 12.8 Å². The highest BCUT2D eigenvalue weighted by Gasteiger charge is 2.15. The van der Waals surface area contributed by atoms with Gasteiger partial charge in [-0.3, -0.25) is 4.72 Å². The molecule has 0 aliphatic rings. The molecule has 0 heterocycles. The third kappa shape index (κ3) is 3.46. The standard InChI is InChI=1S/C12H8BrClFNO2S/c13-11-6-5-10(7-12(11)15)19(17,18)16-9-3-1-8(14)2-4-9/h1-7,16H. The number of sulfonamides is 1. The lowest BCUT2D eigenvalue weighted by atomic mass is 10.3. The van der Waals surface area contributed by atoms with Gasteiger partial charge in [0, 0.05) is 10.7 Å². The molecule has 0 saturated carbocycles. The van der Waals surface area contributed by atoms with Gasteiger partial charge in [-0.15, -0.1) is 0 Å². The SMILES string of the molecule is O=S(=O)(Nc1ccc(Cl)cc1)c1ccc(Br)c(F)c1. The summed E-state index contributed by atoms with van der Waals surface area (Å²) in [6.07, 6.45) is 0. The Morgan fingerprint density at radius 3 is 2.32 bits per heavy atom. The van der Waals surface area contributed by atoms with Crippen molar-refractivity contribution in [2.45, 2.75) is 4.90 Å².